The first-order valence-electron chi connectivity index (χ1n) is 18.1. The molecule has 0 N–H and O–H groups in total. The standard InChI is InChI=1S/C49H24F3N7/c1-28-20-32(49(50,51)52)11-14-35(28)31-10-17-46(58-42-15-8-29(26-53)21-36(42)38-24-33(55-2)12-18-44(38)58)40(23-31)48-41(57-4)6-5-7-47(48)59-43-16-9-30(27-54)22-37(43)39-25-34(56-3)13-19-45(39)59/h5-25H,1H3. The summed E-state index contributed by atoms with van der Waals surface area (Å²) in [5, 5.41) is 22.7. The molecule has 0 amide bonds. The number of hydrogen-bond acceptors (Lipinski definition) is 2. The number of nitrogens with zero attached hydrogens (tertiary/aromatic N) is 7. The largest absolute Gasteiger partial charge is 0.416 e. The van der Waals surface area contributed by atoms with E-state index in [4.69, 9.17) is 19.7 Å². The molecule has 0 atom stereocenters. The van der Waals surface area contributed by atoms with Crippen LogP contribution < -0.4 is 0 Å². The van der Waals surface area contributed by atoms with Gasteiger partial charge >= 0.3 is 6.18 Å². The van der Waals surface area contributed by atoms with Gasteiger partial charge < -0.3 is 9.13 Å². The maximum atomic E-state index is 13.8. The molecule has 0 aliphatic rings. The van der Waals surface area contributed by atoms with E-state index in [0.717, 1.165) is 55.7 Å². The van der Waals surface area contributed by atoms with Crippen LogP contribution in [0.15, 0.2) is 127 Å². The number of hydrogen-bond donors (Lipinski definition) is 0. The van der Waals surface area contributed by atoms with Gasteiger partial charge in [0.05, 0.1) is 76.3 Å². The Balaban J connectivity index is 1.43. The number of aromatic nitrogens is 2. The zero-order chi connectivity index (χ0) is 41.2. The molecule has 0 aliphatic heterocycles. The maximum Gasteiger partial charge on any atom is 0.416 e. The summed E-state index contributed by atoms with van der Waals surface area (Å²) in [4.78, 5) is 11.4. The molecule has 7 aromatic carbocycles. The highest BCUT2D eigenvalue weighted by atomic mass is 19.4. The third-order valence-corrected chi connectivity index (χ3v) is 10.8. The fourth-order valence-electron chi connectivity index (χ4n) is 8.17. The van der Waals surface area contributed by atoms with Crippen LogP contribution in [0.1, 0.15) is 22.3 Å². The van der Waals surface area contributed by atoms with Crippen molar-refractivity contribution in [2.45, 2.75) is 13.1 Å². The second-order valence-corrected chi connectivity index (χ2v) is 14.0. The Bertz CT molecular complexity index is 3370. The minimum atomic E-state index is -4.53. The lowest BCUT2D eigenvalue weighted by atomic mass is 9.92. The molecular weight excluding hydrogens is 744 g/mol. The first kappa shape index (κ1) is 36.0. The third-order valence-electron chi connectivity index (χ3n) is 10.8. The molecule has 0 saturated carbocycles. The number of fused-ring (bicyclic) bond motifs is 6. The van der Waals surface area contributed by atoms with Crippen molar-refractivity contribution in [3.05, 3.63) is 184 Å². The zero-order valence-electron chi connectivity index (χ0n) is 30.9. The number of alkyl halides is 3. The summed E-state index contributed by atoms with van der Waals surface area (Å²) in [7, 11) is 0. The van der Waals surface area contributed by atoms with Crippen molar-refractivity contribution in [2.75, 3.05) is 0 Å². The summed E-state index contributed by atoms with van der Waals surface area (Å²) in [6.07, 6.45) is -4.53. The van der Waals surface area contributed by atoms with Gasteiger partial charge in [-0.1, -0.05) is 36.4 Å². The van der Waals surface area contributed by atoms with Crippen molar-refractivity contribution in [3.63, 3.8) is 0 Å². The molecule has 9 aromatic rings. The van der Waals surface area contributed by atoms with Crippen molar-refractivity contribution in [3.8, 4) is 45.8 Å². The Kier molecular flexibility index (Phi) is 8.27. The summed E-state index contributed by atoms with van der Waals surface area (Å²) in [5.41, 5.74) is 8.15. The zero-order valence-corrected chi connectivity index (χ0v) is 30.9. The van der Waals surface area contributed by atoms with Crippen LogP contribution in [0.4, 0.5) is 30.2 Å². The lowest BCUT2D eigenvalue weighted by Crippen LogP contribution is -2.05. The average molecular weight is 768 g/mol. The van der Waals surface area contributed by atoms with Gasteiger partial charge in [0, 0.05) is 22.0 Å². The molecule has 9 rings (SSSR count). The fourth-order valence-corrected chi connectivity index (χ4v) is 8.17. The summed E-state index contributed by atoms with van der Waals surface area (Å²) in [6.45, 7) is 25.6. The molecule has 10 heteroatoms. The normalized spacial score (nSPS) is 11.3. The van der Waals surface area contributed by atoms with Gasteiger partial charge in [0.2, 0.25) is 0 Å². The van der Waals surface area contributed by atoms with Crippen molar-refractivity contribution < 1.29 is 13.2 Å². The molecule has 2 heterocycles. The first-order chi connectivity index (χ1) is 28.6. The average Bonchev–Trinajstić information content (AvgIpc) is 3.76. The topological polar surface area (TPSA) is 70.5 Å². The van der Waals surface area contributed by atoms with Crippen LogP contribution in [0, 0.1) is 49.3 Å². The predicted molar refractivity (Wildman–Crippen MR) is 224 cm³/mol. The van der Waals surface area contributed by atoms with Gasteiger partial charge in [0.1, 0.15) is 0 Å². The van der Waals surface area contributed by atoms with Crippen LogP contribution >= 0.6 is 0 Å². The van der Waals surface area contributed by atoms with E-state index in [9.17, 15) is 23.7 Å². The van der Waals surface area contributed by atoms with E-state index in [1.54, 1.807) is 67.6 Å². The number of rotatable bonds is 4. The number of nitriles is 2. The van der Waals surface area contributed by atoms with E-state index in [-0.39, 0.29) is 0 Å². The molecule has 7 nitrogen and oxygen atoms in total. The molecule has 276 valence electrons. The van der Waals surface area contributed by atoms with E-state index < -0.39 is 11.7 Å². The quantitative estimate of drug-likeness (QED) is 0.167. The highest BCUT2D eigenvalue weighted by Crippen LogP contribution is 2.47. The van der Waals surface area contributed by atoms with Gasteiger partial charge in [-0.3, -0.25) is 0 Å². The minimum Gasteiger partial charge on any atom is -0.310 e. The van der Waals surface area contributed by atoms with Gasteiger partial charge in [-0.25, -0.2) is 14.5 Å². The minimum absolute atomic E-state index is 0.300. The molecule has 0 radical (unpaired) electrons. The van der Waals surface area contributed by atoms with Crippen LogP contribution in [0.2, 0.25) is 0 Å². The van der Waals surface area contributed by atoms with Crippen LogP contribution in [-0.2, 0) is 6.18 Å². The van der Waals surface area contributed by atoms with Crippen LogP contribution in [0.25, 0.3) is 91.8 Å². The molecule has 0 fully saturated rings. The van der Waals surface area contributed by atoms with Crippen molar-refractivity contribution >= 4 is 60.7 Å². The number of halogens is 3. The van der Waals surface area contributed by atoms with Crippen LogP contribution in [0.3, 0.4) is 0 Å². The smallest absolute Gasteiger partial charge is 0.310 e. The SMILES string of the molecule is [C-]#[N+]c1ccc2c(c1)c1cc(C#N)ccc1n2-c1ccc(-c2ccc(C(F)(F)F)cc2C)cc1-c1c([N+]#[C-])cccc1-n1c2ccc(C#N)cc2c2cc([N+]#[C-])ccc21. The van der Waals surface area contributed by atoms with E-state index in [1.165, 1.54) is 6.07 Å². The predicted octanol–water partition coefficient (Wildman–Crippen LogP) is 13.9. The second-order valence-electron chi connectivity index (χ2n) is 14.0. The molecule has 0 aliphatic carbocycles. The Labute approximate surface area is 335 Å². The van der Waals surface area contributed by atoms with Crippen LogP contribution in [-0.4, -0.2) is 9.13 Å². The fraction of sp³-hybridized carbons (Fsp3) is 0.0408. The summed E-state index contributed by atoms with van der Waals surface area (Å²) in [6, 6.07) is 40.5. The molecule has 2 aromatic heterocycles. The Morgan fingerprint density at radius 3 is 1.59 bits per heavy atom. The molecule has 59 heavy (non-hydrogen) atoms. The lowest BCUT2D eigenvalue weighted by Gasteiger charge is -2.21. The van der Waals surface area contributed by atoms with Gasteiger partial charge in [0.25, 0.3) is 0 Å². The second kappa shape index (κ2) is 13.5. The Morgan fingerprint density at radius 1 is 0.542 bits per heavy atom. The highest BCUT2D eigenvalue weighted by Gasteiger charge is 2.31. The first-order valence-corrected chi connectivity index (χ1v) is 18.1. The summed E-state index contributed by atoms with van der Waals surface area (Å²) in [5.74, 6) is 0. The molecule has 0 bridgehead atoms. The van der Waals surface area contributed by atoms with Gasteiger partial charge in [-0.05, 0) is 131 Å². The number of aryl methyl sites for hydroxylation is 1. The van der Waals surface area contributed by atoms with Crippen molar-refractivity contribution in [1.82, 2.24) is 9.13 Å². The third kappa shape index (κ3) is 5.71. The van der Waals surface area contributed by atoms with Crippen molar-refractivity contribution in [2.24, 2.45) is 0 Å². The summed E-state index contributed by atoms with van der Waals surface area (Å²) < 4.78 is 45.5. The van der Waals surface area contributed by atoms with E-state index in [1.807, 2.05) is 57.7 Å². The molecule has 0 unspecified atom stereocenters. The van der Waals surface area contributed by atoms with E-state index in [2.05, 4.69) is 26.7 Å². The van der Waals surface area contributed by atoms with Gasteiger partial charge in [0.15, 0.2) is 17.1 Å². The number of benzene rings is 7. The molecular formula is C49H24F3N7. The monoisotopic (exact) mass is 767 g/mol. The highest BCUT2D eigenvalue weighted by molar-refractivity contribution is 6.13. The molecule has 0 saturated heterocycles. The Hall–Kier alpha value is -8.62. The van der Waals surface area contributed by atoms with Gasteiger partial charge in [-0.2, -0.15) is 23.7 Å². The lowest BCUT2D eigenvalue weighted by molar-refractivity contribution is -0.137. The van der Waals surface area contributed by atoms with Gasteiger partial charge in [-0.15, -0.1) is 0 Å². The van der Waals surface area contributed by atoms with Crippen LogP contribution in [0.5, 0.6) is 0 Å². The summed E-state index contributed by atoms with van der Waals surface area (Å²) >= 11 is 0. The van der Waals surface area contributed by atoms with Crippen molar-refractivity contribution in [1.29, 1.82) is 10.5 Å². The van der Waals surface area contributed by atoms with E-state index >= 15 is 0 Å². The Morgan fingerprint density at radius 2 is 1.08 bits per heavy atom. The maximum absolute atomic E-state index is 13.8. The van der Waals surface area contributed by atoms with E-state index in [0.29, 0.717) is 67.4 Å². The molecule has 0 spiro atoms.